The molecule has 0 aliphatic heterocycles. The molecule has 2 aromatic rings. The van der Waals surface area contributed by atoms with Gasteiger partial charge in [-0.05, 0) is 30.5 Å². The van der Waals surface area contributed by atoms with Crippen LogP contribution in [0.15, 0.2) is 35.0 Å². The highest BCUT2D eigenvalue weighted by atomic mass is 32.1. The maximum absolute atomic E-state index is 12.0. The highest BCUT2D eigenvalue weighted by Gasteiger charge is 2.09. The van der Waals surface area contributed by atoms with E-state index < -0.39 is 0 Å². The summed E-state index contributed by atoms with van der Waals surface area (Å²) in [6.07, 6.45) is 0. The molecular formula is C13H14N2O2S. The van der Waals surface area contributed by atoms with E-state index in [0.717, 1.165) is 5.69 Å². The van der Waals surface area contributed by atoms with Crippen LogP contribution in [0.3, 0.4) is 0 Å². The number of benzene rings is 1. The van der Waals surface area contributed by atoms with Gasteiger partial charge in [0.15, 0.2) is 0 Å². The summed E-state index contributed by atoms with van der Waals surface area (Å²) in [5.74, 6) is 0.412. The van der Waals surface area contributed by atoms with Crippen LogP contribution in [0.1, 0.15) is 17.3 Å². The second kappa shape index (κ2) is 5.55. The minimum atomic E-state index is -0.193. The molecule has 0 fully saturated rings. The van der Waals surface area contributed by atoms with Crippen molar-refractivity contribution in [3.8, 4) is 5.75 Å². The average molecular weight is 262 g/mol. The quantitative estimate of drug-likeness (QED) is 0.832. The molecule has 1 heterocycles. The lowest BCUT2D eigenvalue weighted by atomic mass is 10.1. The average Bonchev–Trinajstić information content (AvgIpc) is 2.81. The Labute approximate surface area is 109 Å². The molecule has 5 heteroatoms. The topological polar surface area (TPSA) is 64.3 Å². The molecule has 1 aromatic carbocycles. The molecule has 4 nitrogen and oxygen atoms in total. The molecular weight excluding hydrogens is 248 g/mol. The van der Waals surface area contributed by atoms with Crippen LogP contribution in [0.25, 0.3) is 0 Å². The fraction of sp³-hybridized carbons (Fsp3) is 0.154. The van der Waals surface area contributed by atoms with E-state index in [1.54, 1.807) is 18.2 Å². The smallest absolute Gasteiger partial charge is 0.255 e. The molecule has 94 valence electrons. The van der Waals surface area contributed by atoms with Gasteiger partial charge < -0.3 is 15.8 Å². The Kier molecular flexibility index (Phi) is 3.84. The molecule has 2 rings (SSSR count). The van der Waals surface area contributed by atoms with Crippen molar-refractivity contribution >= 4 is 28.6 Å². The van der Waals surface area contributed by atoms with E-state index in [-0.39, 0.29) is 5.91 Å². The van der Waals surface area contributed by atoms with Crippen LogP contribution >= 0.6 is 11.3 Å². The van der Waals surface area contributed by atoms with E-state index >= 15 is 0 Å². The molecule has 1 aromatic heterocycles. The molecule has 18 heavy (non-hydrogen) atoms. The first kappa shape index (κ1) is 12.4. The fourth-order valence-corrected chi connectivity index (χ4v) is 2.13. The Hall–Kier alpha value is -2.01. The Morgan fingerprint density at radius 2 is 2.28 bits per heavy atom. The highest BCUT2D eigenvalue weighted by molar-refractivity contribution is 7.08. The second-order valence-corrected chi connectivity index (χ2v) is 4.47. The zero-order valence-corrected chi connectivity index (χ0v) is 10.8. The van der Waals surface area contributed by atoms with Gasteiger partial charge in [-0.2, -0.15) is 11.3 Å². The maximum Gasteiger partial charge on any atom is 0.255 e. The molecule has 0 unspecified atom stereocenters. The summed E-state index contributed by atoms with van der Waals surface area (Å²) in [7, 11) is 0. The van der Waals surface area contributed by atoms with Crippen molar-refractivity contribution in [1.29, 1.82) is 0 Å². The summed E-state index contributed by atoms with van der Waals surface area (Å²) in [6.45, 7) is 2.42. The number of hydrogen-bond acceptors (Lipinski definition) is 4. The van der Waals surface area contributed by atoms with Gasteiger partial charge in [-0.15, -0.1) is 0 Å². The third kappa shape index (κ3) is 3.01. The van der Waals surface area contributed by atoms with E-state index in [4.69, 9.17) is 10.5 Å². The number of thiophene rings is 1. The van der Waals surface area contributed by atoms with E-state index in [1.807, 2.05) is 23.8 Å². The van der Waals surface area contributed by atoms with E-state index in [2.05, 4.69) is 5.32 Å². The Morgan fingerprint density at radius 1 is 1.44 bits per heavy atom. The van der Waals surface area contributed by atoms with E-state index in [1.165, 1.54) is 11.3 Å². The number of nitrogens with one attached hydrogen (secondary N) is 1. The molecule has 0 saturated carbocycles. The standard InChI is InChI=1S/C13H14N2O2S/c1-2-17-12-6-9(5-10(14)7-12)13(16)15-11-3-4-18-8-11/h3-8H,2,14H2,1H3,(H,15,16). The van der Waals surface area contributed by atoms with Gasteiger partial charge in [0, 0.05) is 22.7 Å². The van der Waals surface area contributed by atoms with Crippen LogP contribution < -0.4 is 15.8 Å². The van der Waals surface area contributed by atoms with Crippen molar-refractivity contribution in [1.82, 2.24) is 0 Å². The van der Waals surface area contributed by atoms with Crippen molar-refractivity contribution in [3.05, 3.63) is 40.6 Å². The van der Waals surface area contributed by atoms with Crippen molar-refractivity contribution in [3.63, 3.8) is 0 Å². The number of carbonyl (C=O) groups excluding carboxylic acids is 1. The largest absolute Gasteiger partial charge is 0.494 e. The Morgan fingerprint density at radius 3 is 2.94 bits per heavy atom. The molecule has 0 spiro atoms. The molecule has 1 amide bonds. The zero-order valence-electron chi connectivity index (χ0n) is 9.97. The van der Waals surface area contributed by atoms with Crippen LogP contribution in [-0.2, 0) is 0 Å². The van der Waals surface area contributed by atoms with Gasteiger partial charge in [0.1, 0.15) is 5.75 Å². The number of nitrogens with two attached hydrogens (primary N) is 1. The fourth-order valence-electron chi connectivity index (χ4n) is 1.54. The van der Waals surface area contributed by atoms with Crippen LogP contribution in [0.5, 0.6) is 5.75 Å². The van der Waals surface area contributed by atoms with Crippen molar-refractivity contribution in [2.45, 2.75) is 6.92 Å². The van der Waals surface area contributed by atoms with Crippen LogP contribution in [0.4, 0.5) is 11.4 Å². The predicted octanol–water partition coefficient (Wildman–Crippen LogP) is 2.98. The van der Waals surface area contributed by atoms with Crippen LogP contribution in [0, 0.1) is 0 Å². The number of amides is 1. The Balaban J connectivity index is 2.19. The number of ether oxygens (including phenoxy) is 1. The lowest BCUT2D eigenvalue weighted by Gasteiger charge is -2.08. The summed E-state index contributed by atoms with van der Waals surface area (Å²) in [5.41, 5.74) is 7.53. The highest BCUT2D eigenvalue weighted by Crippen LogP contribution is 2.20. The summed E-state index contributed by atoms with van der Waals surface area (Å²) >= 11 is 1.53. The molecule has 0 bridgehead atoms. The lowest BCUT2D eigenvalue weighted by molar-refractivity contribution is 0.102. The molecule has 0 aliphatic rings. The monoisotopic (exact) mass is 262 g/mol. The SMILES string of the molecule is CCOc1cc(N)cc(C(=O)Nc2ccsc2)c1. The third-order valence-corrected chi connectivity index (χ3v) is 2.96. The van der Waals surface area contributed by atoms with Crippen LogP contribution in [0.2, 0.25) is 0 Å². The zero-order chi connectivity index (χ0) is 13.0. The number of anilines is 2. The molecule has 0 atom stereocenters. The maximum atomic E-state index is 12.0. The summed E-state index contributed by atoms with van der Waals surface area (Å²) in [4.78, 5) is 12.0. The Bertz CT molecular complexity index is 538. The molecule has 0 radical (unpaired) electrons. The first-order valence-corrected chi connectivity index (χ1v) is 6.50. The first-order chi connectivity index (χ1) is 8.69. The van der Waals surface area contributed by atoms with Gasteiger partial charge in [-0.25, -0.2) is 0 Å². The first-order valence-electron chi connectivity index (χ1n) is 5.56. The van der Waals surface area contributed by atoms with Gasteiger partial charge >= 0.3 is 0 Å². The van der Waals surface area contributed by atoms with Gasteiger partial charge in [0.2, 0.25) is 0 Å². The van der Waals surface area contributed by atoms with Gasteiger partial charge in [-0.3, -0.25) is 4.79 Å². The second-order valence-electron chi connectivity index (χ2n) is 3.69. The third-order valence-electron chi connectivity index (χ3n) is 2.28. The number of carbonyl (C=O) groups is 1. The number of nitrogen functional groups attached to an aromatic ring is 1. The molecule has 0 aliphatic carbocycles. The normalized spacial score (nSPS) is 10.1. The lowest BCUT2D eigenvalue weighted by Crippen LogP contribution is -2.12. The summed E-state index contributed by atoms with van der Waals surface area (Å²) in [5, 5.41) is 6.57. The minimum Gasteiger partial charge on any atom is -0.494 e. The van der Waals surface area contributed by atoms with Crippen molar-refractivity contribution < 1.29 is 9.53 Å². The van der Waals surface area contributed by atoms with Crippen molar-refractivity contribution in [2.75, 3.05) is 17.7 Å². The molecule has 3 N–H and O–H groups in total. The van der Waals surface area contributed by atoms with Crippen LogP contribution in [-0.4, -0.2) is 12.5 Å². The van der Waals surface area contributed by atoms with Gasteiger partial charge in [-0.1, -0.05) is 0 Å². The van der Waals surface area contributed by atoms with E-state index in [9.17, 15) is 4.79 Å². The van der Waals surface area contributed by atoms with Crippen molar-refractivity contribution in [2.24, 2.45) is 0 Å². The van der Waals surface area contributed by atoms with Gasteiger partial charge in [0.05, 0.1) is 12.3 Å². The number of hydrogen-bond donors (Lipinski definition) is 2. The summed E-state index contributed by atoms with van der Waals surface area (Å²) < 4.78 is 5.35. The predicted molar refractivity (Wildman–Crippen MR) is 74.3 cm³/mol. The summed E-state index contributed by atoms with van der Waals surface area (Å²) in [6, 6.07) is 6.86. The number of rotatable bonds is 4. The van der Waals surface area contributed by atoms with E-state index in [0.29, 0.717) is 23.6 Å². The van der Waals surface area contributed by atoms with Gasteiger partial charge in [0.25, 0.3) is 5.91 Å². The minimum absolute atomic E-state index is 0.193. The molecule has 0 saturated heterocycles.